The molecule has 0 bridgehead atoms. The number of anilines is 2. The van der Waals surface area contributed by atoms with E-state index in [-0.39, 0.29) is 25.3 Å². The highest BCUT2D eigenvalue weighted by atomic mass is 32.2. The second-order valence-corrected chi connectivity index (χ2v) is 33.1. The number of carbonyl (C=O) groups is 9. The van der Waals surface area contributed by atoms with Crippen LogP contribution in [0, 0.1) is 0 Å². The van der Waals surface area contributed by atoms with Gasteiger partial charge in [-0.15, -0.1) is 11.8 Å². The van der Waals surface area contributed by atoms with E-state index in [0.29, 0.717) is 11.4 Å². The topological polar surface area (TPSA) is 772 Å². The molecule has 11 rings (SSSR count). The lowest BCUT2D eigenvalue weighted by Crippen LogP contribution is -2.71. The van der Waals surface area contributed by atoms with Crippen molar-refractivity contribution in [1.82, 2.24) is 32.1 Å². The van der Waals surface area contributed by atoms with Gasteiger partial charge >= 0.3 is 17.9 Å². The molecule has 9 aliphatic heterocycles. The Morgan fingerprint density at radius 2 is 0.740 bits per heavy atom. The molecule has 0 saturated carbocycles. The number of benzene rings is 2. The molecule has 6 amide bonds. The van der Waals surface area contributed by atoms with E-state index in [1.165, 1.54) is 30.4 Å². The average molecular weight is 1860 g/mol. The Hall–Kier alpha value is -6.95. The average Bonchev–Trinajstić information content (AvgIpc) is 0.774. The molecule has 53 heteroatoms. The molecule has 9 aliphatic rings. The van der Waals surface area contributed by atoms with Crippen LogP contribution in [-0.4, -0.2) is 440 Å². The number of para-hydroxylation sites is 1. The van der Waals surface area contributed by atoms with Gasteiger partial charge in [-0.3, -0.25) is 39.1 Å². The molecule has 2 aromatic rings. The fraction of sp³-hybridized carbons (Fsp3) is 0.716. The highest BCUT2D eigenvalue weighted by Gasteiger charge is 2.62. The fourth-order valence-electron chi connectivity index (χ4n) is 16.1. The predicted octanol–water partition coefficient (Wildman–Crippen LogP) is -12.6. The molecule has 26 N–H and O–H groups in total. The summed E-state index contributed by atoms with van der Waals surface area (Å²) >= 11 is 2.90. The molecule has 51 nitrogen and oxygen atoms in total. The maximum absolute atomic E-state index is 14.9. The summed E-state index contributed by atoms with van der Waals surface area (Å²) < 4.78 is 87.3. The van der Waals surface area contributed by atoms with Crippen LogP contribution in [0.5, 0.6) is 0 Å². The normalized spacial score (nSPS) is 41.0. The number of aliphatic hydroxyl groups is 17. The first-order valence-electron chi connectivity index (χ1n) is 39.9. The van der Waals surface area contributed by atoms with Gasteiger partial charge in [0, 0.05) is 55.3 Å². The number of carboxylic acids is 3. The lowest BCUT2D eigenvalue weighted by molar-refractivity contribution is -0.381. The monoisotopic (exact) mass is 1860 g/mol. The van der Waals surface area contributed by atoms with Gasteiger partial charge in [-0.2, -0.15) is 0 Å². The van der Waals surface area contributed by atoms with Crippen molar-refractivity contribution in [2.75, 3.05) is 44.1 Å². The smallest absolute Gasteiger partial charge is 0.335 e. The molecular formula is C74H105N7O44S2. The minimum atomic E-state index is -2.56. The van der Waals surface area contributed by atoms with Crippen molar-refractivity contribution in [2.24, 2.45) is 0 Å². The van der Waals surface area contributed by atoms with Crippen molar-refractivity contribution in [2.45, 2.75) is 307 Å². The van der Waals surface area contributed by atoms with Crippen LogP contribution < -0.4 is 37.0 Å². The summed E-state index contributed by atoms with van der Waals surface area (Å²) in [5, 5.41) is 233. The summed E-state index contributed by atoms with van der Waals surface area (Å²) in [6.45, 7) is 0.512. The van der Waals surface area contributed by atoms with Crippen LogP contribution in [0.2, 0.25) is 0 Å². The molecule has 2 aromatic carbocycles. The number of rotatable bonds is 32. The van der Waals surface area contributed by atoms with Gasteiger partial charge in [-0.1, -0.05) is 23.9 Å². The van der Waals surface area contributed by atoms with Crippen LogP contribution in [0.25, 0.3) is 0 Å². The van der Waals surface area contributed by atoms with E-state index in [9.17, 15) is 145 Å². The van der Waals surface area contributed by atoms with Gasteiger partial charge in [0.15, 0.2) is 68.4 Å². The number of carboxylic acid groups (broad SMARTS) is 3. The van der Waals surface area contributed by atoms with Gasteiger partial charge in [-0.05, 0) is 49.9 Å². The van der Waals surface area contributed by atoms with Crippen molar-refractivity contribution in [3.63, 3.8) is 0 Å². The molecule has 0 aliphatic carbocycles. The van der Waals surface area contributed by atoms with Gasteiger partial charge in [0.25, 0.3) is 5.91 Å². The second kappa shape index (κ2) is 43.6. The number of nitrogens with zero attached hydrogens (tertiary/aromatic N) is 1. The van der Waals surface area contributed by atoms with Crippen LogP contribution in [0.15, 0.2) is 57.2 Å². The van der Waals surface area contributed by atoms with Gasteiger partial charge in [-0.25, -0.2) is 19.8 Å². The van der Waals surface area contributed by atoms with Gasteiger partial charge in [0.1, 0.15) is 165 Å². The number of fused-ring (bicyclic) bond motifs is 2. The third-order valence-corrected chi connectivity index (χ3v) is 24.2. The first kappa shape index (κ1) is 101. The number of ether oxygens (including phenoxy) is 15. The Morgan fingerprint density at radius 3 is 1.13 bits per heavy atom. The molecule has 16 unspecified atom stereocenters. The summed E-state index contributed by atoms with van der Waals surface area (Å²) in [5.74, 6) is -11.1. The van der Waals surface area contributed by atoms with E-state index in [0.717, 1.165) is 42.4 Å². The Kier molecular flexibility index (Phi) is 34.5. The minimum Gasteiger partial charge on any atom is -0.479 e. The maximum atomic E-state index is 14.9. The predicted molar refractivity (Wildman–Crippen MR) is 410 cm³/mol. The number of thioether (sulfide) groups is 1. The second-order valence-electron chi connectivity index (χ2n) is 31.1. The summed E-state index contributed by atoms with van der Waals surface area (Å²) in [7, 11) is 0. The van der Waals surface area contributed by atoms with Crippen LogP contribution in [0.3, 0.4) is 0 Å². The number of aliphatic carboxylic acids is 3. The third kappa shape index (κ3) is 22.2. The van der Waals surface area contributed by atoms with Crippen LogP contribution in [0.4, 0.5) is 11.4 Å². The number of carbonyl (C=O) groups excluding carboxylic acids is 6. The van der Waals surface area contributed by atoms with E-state index in [4.69, 9.17) is 71.1 Å². The number of hydrogen-bond donors (Lipinski definition) is 26. The number of hydrogen-bond acceptors (Lipinski definition) is 44. The molecule has 8 fully saturated rings. The molecule has 0 radical (unpaired) electrons. The fourth-order valence-corrected chi connectivity index (χ4v) is 17.5. The van der Waals surface area contributed by atoms with E-state index >= 15 is 0 Å². The zero-order chi connectivity index (χ0) is 92.9. The highest BCUT2D eigenvalue weighted by molar-refractivity contribution is 8.00. The highest BCUT2D eigenvalue weighted by Crippen LogP contribution is 2.50. The SMILES string of the molecule is CSc1ccc2c(c1)N(C(=O)CCCNNC(=O)C1O[C@@H](O[C@H]3C(CO)O[C@@H](O[C@@H]4C(C(=O)O)O[C@@H](O[C@H]5C(CO)O[C@@H](C)C(NC(C)=O)[C@@H]5O)C(O)[C@@H]4O)C(NC(C)=O)[C@@H]3O)C(O)[C@H](O)[C@@H]1O[C@@H]1OC(CO)[C@H](O[C@@H]3OC(C(=O)O)[C@@H](O[C@@H]4OC(CO)[C@H](O[C@@H]5OC(C(=O)O)[C@@H](O)[C@@H](O)C5O)[C@@H](O)C4NC(C)=O)[C@@H](O)C3O)[C@@H](O)C1NC(C)=O)c1ccccc1S2. The zero-order valence-corrected chi connectivity index (χ0v) is 69.7. The first-order chi connectivity index (χ1) is 60.2. The van der Waals surface area contributed by atoms with Gasteiger partial charge < -0.3 is 194 Å². The summed E-state index contributed by atoms with van der Waals surface area (Å²) in [5.41, 5.74) is 6.16. The van der Waals surface area contributed by atoms with E-state index in [1.54, 1.807) is 23.1 Å². The molecule has 8 saturated heterocycles. The van der Waals surface area contributed by atoms with Gasteiger partial charge in [0.05, 0.1) is 49.9 Å². The molecule has 0 aromatic heterocycles. The summed E-state index contributed by atoms with van der Waals surface area (Å²) in [6, 6.07) is 5.51. The Balaban J connectivity index is 0.822. The lowest BCUT2D eigenvalue weighted by atomic mass is 9.92. The molecule has 712 valence electrons. The van der Waals surface area contributed by atoms with Crippen molar-refractivity contribution in [3.05, 3.63) is 42.5 Å². The van der Waals surface area contributed by atoms with Crippen LogP contribution in [-0.2, 0) is 114 Å². The zero-order valence-electron chi connectivity index (χ0n) is 68.1. The quantitative estimate of drug-likeness (QED) is 0.0184. The van der Waals surface area contributed by atoms with Crippen molar-refractivity contribution >= 4 is 88.2 Å². The first-order valence-corrected chi connectivity index (χ1v) is 41.9. The van der Waals surface area contributed by atoms with Crippen LogP contribution in [0.1, 0.15) is 47.5 Å². The maximum Gasteiger partial charge on any atom is 0.335 e. The number of nitrogens with one attached hydrogen (secondary N) is 6. The largest absolute Gasteiger partial charge is 0.479 e. The standard InChI is InChI=1S/C74H105N7O44S2/c1-21-36(76-22(2)86)40(91)53(29(17-82)111-21)115-73-51(102)47(98)58(62(124-73)66(107)108)120-70-39(79-25(5)89)43(94)55(31(19-84)114-70)117-72-50(101)46(97)57(61(123-72)64(104)80-75-15-9-12-35(90)81-27-10-7-8-11-33(27)127-34-14-13-26(126-6)16-28(34)81)119-68-37(77-23(3)87)41(92)56(32(20-85)112-68)118-74-52(103)48(99)59(63(125-74)67(109)110)121-69-38(78-24(4)88)42(93)54(30(18-83)113-69)116-71-49(100)44(95)45(96)60(122-71)65(105)106/h7-8,10-11,13-14,16,21,29-32,36-63,68-75,82-85,91-103H,9,12,15,17-20H2,1-6H3,(H,76,86)(H,77,87)(H,78,88)(H,79,89)(H,80,104)(H,105,106)(H,107,108)(H,109,110)/t21-,29?,30?,31?,32?,36?,37?,38?,39?,40-,41-,42-,43-,44+,45-,46-,47-,48-,49?,50?,51?,52?,53-,54-,55-,56-,57-,58-,59-,60?,61?,62?,63?,68-,69-,70-,71+,72+,73+,74+/m0/s1. The van der Waals surface area contributed by atoms with Crippen molar-refractivity contribution < 1.29 is 216 Å². The molecule has 127 heavy (non-hydrogen) atoms. The Bertz CT molecular complexity index is 4150. The van der Waals surface area contributed by atoms with E-state index in [2.05, 4.69) is 32.1 Å². The van der Waals surface area contributed by atoms with Crippen molar-refractivity contribution in [1.29, 1.82) is 0 Å². The third-order valence-electron chi connectivity index (χ3n) is 22.3. The summed E-state index contributed by atoms with van der Waals surface area (Å²) in [4.78, 5) is 122. The Labute approximate surface area is 727 Å². The molecule has 9 heterocycles. The minimum absolute atomic E-state index is 0.0138. The molecule has 40 atom stereocenters. The molecular weight excluding hydrogens is 1750 g/mol. The van der Waals surface area contributed by atoms with Crippen molar-refractivity contribution in [3.8, 4) is 0 Å². The van der Waals surface area contributed by atoms with Gasteiger partial charge in [0.2, 0.25) is 29.5 Å². The number of aliphatic hydroxyl groups excluding tert-OH is 17. The molecule has 0 spiro atoms. The van der Waals surface area contributed by atoms with E-state index < -0.39 is 319 Å². The summed E-state index contributed by atoms with van der Waals surface area (Å²) in [6.07, 6.45) is -77.5. The Morgan fingerprint density at radius 1 is 0.394 bits per heavy atom. The van der Waals surface area contributed by atoms with Crippen LogP contribution >= 0.6 is 23.5 Å². The van der Waals surface area contributed by atoms with E-state index in [1.807, 2.05) is 30.5 Å². The number of amides is 6. The number of hydrazine groups is 1. The lowest BCUT2D eigenvalue weighted by Gasteiger charge is -2.51.